The van der Waals surface area contributed by atoms with Gasteiger partial charge >= 0.3 is 0 Å². The number of benzene rings is 2. The summed E-state index contributed by atoms with van der Waals surface area (Å²) in [6.07, 6.45) is 2.07. The van der Waals surface area contributed by atoms with Crippen molar-refractivity contribution in [3.8, 4) is 11.8 Å². The fourth-order valence-corrected chi connectivity index (χ4v) is 2.69. The number of nitrogens with zero attached hydrogens (tertiary/aromatic N) is 3. The summed E-state index contributed by atoms with van der Waals surface area (Å²) < 4.78 is 5.34. The third kappa shape index (κ3) is 4.62. The molecule has 3 rings (SSSR count). The molecule has 0 bridgehead atoms. The van der Waals surface area contributed by atoms with E-state index in [2.05, 4.69) is 20.6 Å². The van der Waals surface area contributed by atoms with E-state index in [1.54, 1.807) is 37.4 Å². The number of amides is 1. The fraction of sp³-hybridized carbons (Fsp3) is 0.143. The molecule has 1 aromatic heterocycles. The van der Waals surface area contributed by atoms with Crippen LogP contribution < -0.4 is 15.4 Å². The molecule has 0 fully saturated rings. The molecule has 7 heteroatoms. The summed E-state index contributed by atoms with van der Waals surface area (Å²) in [5.41, 5.74) is 2.12. The van der Waals surface area contributed by atoms with Crippen molar-refractivity contribution in [3.05, 3.63) is 77.7 Å². The lowest BCUT2D eigenvalue weighted by Crippen LogP contribution is -2.16. The largest absolute Gasteiger partial charge is 0.496 e. The normalized spacial score (nSPS) is 10.0. The third-order valence-electron chi connectivity index (χ3n) is 4.09. The molecule has 0 saturated carbocycles. The number of ether oxygens (including phenoxy) is 1. The molecule has 140 valence electrons. The van der Waals surface area contributed by atoms with Crippen LogP contribution in [-0.4, -0.2) is 29.5 Å². The van der Waals surface area contributed by atoms with Crippen LogP contribution in [0.3, 0.4) is 0 Å². The molecule has 3 aromatic rings. The Balaban J connectivity index is 1.63. The number of carbonyl (C=O) groups is 1. The predicted molar refractivity (Wildman–Crippen MR) is 106 cm³/mol. The first-order chi connectivity index (χ1) is 13.7. The van der Waals surface area contributed by atoms with Crippen molar-refractivity contribution in [2.75, 3.05) is 24.3 Å². The number of hydrogen-bond donors (Lipinski definition) is 2. The van der Waals surface area contributed by atoms with E-state index in [1.807, 2.05) is 30.3 Å². The highest BCUT2D eigenvalue weighted by molar-refractivity contribution is 6.03. The zero-order valence-corrected chi connectivity index (χ0v) is 15.3. The average molecular weight is 373 g/mol. The molecule has 0 aliphatic rings. The third-order valence-corrected chi connectivity index (χ3v) is 4.09. The first kappa shape index (κ1) is 18.9. The van der Waals surface area contributed by atoms with Crippen molar-refractivity contribution in [2.45, 2.75) is 6.42 Å². The Kier molecular flexibility index (Phi) is 6.16. The number of rotatable bonds is 7. The highest BCUT2D eigenvalue weighted by atomic mass is 16.5. The van der Waals surface area contributed by atoms with Gasteiger partial charge in [-0.2, -0.15) is 5.26 Å². The van der Waals surface area contributed by atoms with Gasteiger partial charge in [0.2, 0.25) is 0 Å². The highest BCUT2D eigenvalue weighted by Crippen LogP contribution is 2.18. The summed E-state index contributed by atoms with van der Waals surface area (Å²) in [7, 11) is 1.64. The summed E-state index contributed by atoms with van der Waals surface area (Å²) >= 11 is 0. The van der Waals surface area contributed by atoms with Crippen molar-refractivity contribution < 1.29 is 9.53 Å². The molecule has 0 atom stereocenters. The van der Waals surface area contributed by atoms with Crippen LogP contribution in [0, 0.1) is 11.3 Å². The number of para-hydroxylation sites is 2. The van der Waals surface area contributed by atoms with E-state index >= 15 is 0 Å². The van der Waals surface area contributed by atoms with Gasteiger partial charge in [-0.05, 0) is 30.2 Å². The Morgan fingerprint density at radius 1 is 1.14 bits per heavy atom. The predicted octanol–water partition coefficient (Wildman–Crippen LogP) is 3.26. The summed E-state index contributed by atoms with van der Waals surface area (Å²) in [5, 5.41) is 15.0. The van der Waals surface area contributed by atoms with Crippen LogP contribution in [-0.2, 0) is 6.42 Å². The van der Waals surface area contributed by atoms with Crippen molar-refractivity contribution in [1.29, 1.82) is 5.26 Å². The molecular formula is C21H19N5O2. The first-order valence-electron chi connectivity index (χ1n) is 8.69. The van der Waals surface area contributed by atoms with E-state index in [4.69, 9.17) is 10.00 Å². The molecule has 0 spiro atoms. The topological polar surface area (TPSA) is 99.9 Å². The fourth-order valence-electron chi connectivity index (χ4n) is 2.69. The van der Waals surface area contributed by atoms with Gasteiger partial charge in [0.1, 0.15) is 29.7 Å². The van der Waals surface area contributed by atoms with Crippen LogP contribution in [0.5, 0.6) is 5.75 Å². The van der Waals surface area contributed by atoms with E-state index in [1.165, 1.54) is 6.33 Å². The highest BCUT2D eigenvalue weighted by Gasteiger charge is 2.11. The number of hydrogen-bond acceptors (Lipinski definition) is 6. The number of nitriles is 1. The summed E-state index contributed by atoms with van der Waals surface area (Å²) in [4.78, 5) is 20.6. The summed E-state index contributed by atoms with van der Waals surface area (Å²) in [5.74, 6) is 0.977. The molecule has 1 amide bonds. The van der Waals surface area contributed by atoms with Gasteiger partial charge in [0.15, 0.2) is 0 Å². The number of nitrogens with one attached hydrogen (secondary N) is 2. The molecular weight excluding hydrogens is 354 g/mol. The number of anilines is 2. The molecule has 2 N–H and O–H groups in total. The van der Waals surface area contributed by atoms with Crippen molar-refractivity contribution >= 4 is 17.4 Å². The van der Waals surface area contributed by atoms with E-state index < -0.39 is 5.91 Å². The molecule has 0 saturated heterocycles. The van der Waals surface area contributed by atoms with Gasteiger partial charge in [0.25, 0.3) is 5.91 Å². The smallest absolute Gasteiger partial charge is 0.274 e. The van der Waals surface area contributed by atoms with Gasteiger partial charge in [-0.3, -0.25) is 4.79 Å². The molecule has 0 aliphatic heterocycles. The number of aromatic nitrogens is 2. The van der Waals surface area contributed by atoms with Gasteiger partial charge in [0, 0.05) is 12.6 Å². The standard InChI is InChI=1S/C21H19N5O2/c1-28-19-9-5-3-6-15(19)10-11-23-20-12-18(24-14-25-20)21(27)26-17-8-4-2-7-16(17)13-22/h2-9,12,14H,10-11H2,1H3,(H,26,27)(H,23,24,25). The van der Waals surface area contributed by atoms with E-state index in [0.717, 1.165) is 17.7 Å². The van der Waals surface area contributed by atoms with Crippen LogP contribution in [0.15, 0.2) is 60.9 Å². The van der Waals surface area contributed by atoms with Gasteiger partial charge < -0.3 is 15.4 Å². The average Bonchev–Trinajstić information content (AvgIpc) is 2.74. The monoisotopic (exact) mass is 373 g/mol. The van der Waals surface area contributed by atoms with Gasteiger partial charge in [-0.15, -0.1) is 0 Å². The minimum absolute atomic E-state index is 0.211. The number of methoxy groups -OCH3 is 1. The second kappa shape index (κ2) is 9.14. The molecule has 2 aromatic carbocycles. The Bertz CT molecular complexity index is 1010. The van der Waals surface area contributed by atoms with Crippen LogP contribution in [0.1, 0.15) is 21.6 Å². The maximum absolute atomic E-state index is 12.5. The maximum Gasteiger partial charge on any atom is 0.274 e. The van der Waals surface area contributed by atoms with Crippen molar-refractivity contribution in [3.63, 3.8) is 0 Å². The molecule has 0 aliphatic carbocycles. The lowest BCUT2D eigenvalue weighted by molar-refractivity contribution is 0.102. The van der Waals surface area contributed by atoms with Crippen LogP contribution in [0.2, 0.25) is 0 Å². The maximum atomic E-state index is 12.5. The molecule has 28 heavy (non-hydrogen) atoms. The lowest BCUT2D eigenvalue weighted by Gasteiger charge is -2.10. The Morgan fingerprint density at radius 2 is 1.93 bits per heavy atom. The Morgan fingerprint density at radius 3 is 2.75 bits per heavy atom. The number of carbonyl (C=O) groups excluding carboxylic acids is 1. The Labute approximate surface area is 163 Å². The van der Waals surface area contributed by atoms with Crippen LogP contribution in [0.25, 0.3) is 0 Å². The van der Waals surface area contributed by atoms with Crippen molar-refractivity contribution in [1.82, 2.24) is 9.97 Å². The van der Waals surface area contributed by atoms with Gasteiger partial charge in [-0.25, -0.2) is 9.97 Å². The second-order valence-electron chi connectivity index (χ2n) is 5.89. The quantitative estimate of drug-likeness (QED) is 0.659. The molecule has 7 nitrogen and oxygen atoms in total. The Hall–Kier alpha value is -3.92. The minimum atomic E-state index is -0.405. The SMILES string of the molecule is COc1ccccc1CCNc1cc(C(=O)Nc2ccccc2C#N)ncn1. The van der Waals surface area contributed by atoms with E-state index in [-0.39, 0.29) is 5.69 Å². The van der Waals surface area contributed by atoms with Crippen LogP contribution >= 0.6 is 0 Å². The molecule has 0 unspecified atom stereocenters. The summed E-state index contributed by atoms with van der Waals surface area (Å²) in [6, 6.07) is 18.2. The lowest BCUT2D eigenvalue weighted by atomic mass is 10.1. The van der Waals surface area contributed by atoms with Crippen LogP contribution in [0.4, 0.5) is 11.5 Å². The van der Waals surface area contributed by atoms with Gasteiger partial charge in [0.05, 0.1) is 18.4 Å². The van der Waals surface area contributed by atoms with E-state index in [0.29, 0.717) is 23.6 Å². The minimum Gasteiger partial charge on any atom is -0.496 e. The zero-order valence-electron chi connectivity index (χ0n) is 15.3. The summed E-state index contributed by atoms with van der Waals surface area (Å²) in [6.45, 7) is 0.621. The van der Waals surface area contributed by atoms with Gasteiger partial charge in [-0.1, -0.05) is 30.3 Å². The first-order valence-corrected chi connectivity index (χ1v) is 8.69. The van der Waals surface area contributed by atoms with Crippen molar-refractivity contribution in [2.24, 2.45) is 0 Å². The second-order valence-corrected chi connectivity index (χ2v) is 5.89. The van der Waals surface area contributed by atoms with E-state index in [9.17, 15) is 4.79 Å². The zero-order chi connectivity index (χ0) is 19.8. The molecule has 0 radical (unpaired) electrons. The molecule has 1 heterocycles.